The van der Waals surface area contributed by atoms with Crippen LogP contribution in [0.5, 0.6) is 0 Å². The van der Waals surface area contributed by atoms with E-state index in [-0.39, 0.29) is 18.2 Å². The third kappa shape index (κ3) is 9.39. The summed E-state index contributed by atoms with van der Waals surface area (Å²) in [6, 6.07) is 15.7. The Kier molecular flexibility index (Phi) is 12.1. The van der Waals surface area contributed by atoms with Crippen LogP contribution in [-0.4, -0.2) is 61.1 Å². The maximum atomic E-state index is 13.4. The largest absolute Gasteiger partial charge is 0.393 e. The monoisotopic (exact) mass is 648 g/mol. The van der Waals surface area contributed by atoms with Crippen LogP contribution in [0.4, 0.5) is 22.4 Å². The first kappa shape index (κ1) is 34.1. The van der Waals surface area contributed by atoms with Crippen molar-refractivity contribution in [3.63, 3.8) is 0 Å². The number of piperidine rings is 1. The molecule has 1 saturated heterocycles. The Balaban J connectivity index is 1.22. The first-order chi connectivity index (χ1) is 23.4. The lowest BCUT2D eigenvalue weighted by Gasteiger charge is -2.31. The van der Waals surface area contributed by atoms with Gasteiger partial charge in [-0.1, -0.05) is 49.8 Å². The molecule has 3 N–H and O–H groups in total. The molecule has 1 fully saturated rings. The van der Waals surface area contributed by atoms with E-state index >= 15 is 0 Å². The molecule has 12 heteroatoms. The van der Waals surface area contributed by atoms with Crippen molar-refractivity contribution in [3.8, 4) is 17.2 Å². The minimum atomic E-state index is -0.306. The van der Waals surface area contributed by atoms with Crippen molar-refractivity contribution in [2.75, 3.05) is 28.2 Å². The Bertz CT molecular complexity index is 1680. The number of aryl methyl sites for hydroxylation is 1. The highest BCUT2D eigenvalue weighted by Gasteiger charge is 2.22. The Labute approximate surface area is 282 Å². The normalized spacial score (nSPS) is 14.1. The highest BCUT2D eigenvalue weighted by atomic mass is 16.3. The highest BCUT2D eigenvalue weighted by molar-refractivity contribution is 5.92. The number of hydrogen-bond donors (Lipinski definition) is 3. The quantitative estimate of drug-likeness (QED) is 0.145. The van der Waals surface area contributed by atoms with E-state index in [1.54, 1.807) is 34.4 Å². The number of benzene rings is 1. The lowest BCUT2D eigenvalue weighted by atomic mass is 10.0. The number of carbonyl (C=O) groups is 1. The predicted octanol–water partition coefficient (Wildman–Crippen LogP) is 5.79. The number of pyridine rings is 1. The van der Waals surface area contributed by atoms with Crippen LogP contribution in [0.25, 0.3) is 11.1 Å². The van der Waals surface area contributed by atoms with Gasteiger partial charge in [-0.3, -0.25) is 9.58 Å². The van der Waals surface area contributed by atoms with E-state index in [2.05, 4.69) is 43.6 Å². The zero-order valence-electron chi connectivity index (χ0n) is 27.7. The summed E-state index contributed by atoms with van der Waals surface area (Å²) in [5.41, 5.74) is 3.32. The zero-order chi connectivity index (χ0) is 33.7. The fourth-order valence-corrected chi connectivity index (χ4v) is 5.70. The van der Waals surface area contributed by atoms with Crippen LogP contribution in [0.3, 0.4) is 0 Å². The number of carbonyl (C=O) groups excluding carboxylic acids is 1. The number of anilines is 3. The summed E-state index contributed by atoms with van der Waals surface area (Å²) in [5, 5.41) is 30.3. The first-order valence-corrected chi connectivity index (χ1v) is 16.6. The standard InChI is InChI=1S/C36H44N10O2/c1-3-10-31(42-35-39-24-29(21-37)34(43-35)45-19-16-32(47)17-20-45)13-8-5-9-18-46(36(48)40-22-27-11-6-4-7-12-27)33-15-14-28(23-38-33)30-25-41-44(2)26-30/h4,6-7,9,11-12,14-15,18,23-26,31-32,47H,3,5,8,10,13,16-17,19-20,22H2,1-2H3,(H,40,48)(H,39,42,43)/b18-9+/t31-/m1/s1. The predicted molar refractivity (Wildman–Crippen MR) is 187 cm³/mol. The molecule has 2 amide bonds. The van der Waals surface area contributed by atoms with E-state index in [1.165, 1.54) is 0 Å². The van der Waals surface area contributed by atoms with E-state index in [0.29, 0.717) is 55.6 Å². The van der Waals surface area contributed by atoms with Crippen molar-refractivity contribution in [1.82, 2.24) is 30.0 Å². The van der Waals surface area contributed by atoms with Crippen molar-refractivity contribution in [2.24, 2.45) is 7.05 Å². The number of nitrogens with zero attached hydrogens (tertiary/aromatic N) is 8. The van der Waals surface area contributed by atoms with Gasteiger partial charge in [0, 0.05) is 62.4 Å². The Morgan fingerprint density at radius 3 is 2.60 bits per heavy atom. The second-order valence-electron chi connectivity index (χ2n) is 12.0. The number of aromatic nitrogens is 5. The third-order valence-electron chi connectivity index (χ3n) is 8.34. The van der Waals surface area contributed by atoms with Crippen molar-refractivity contribution < 1.29 is 9.90 Å². The fraction of sp³-hybridized carbons (Fsp3) is 0.389. The zero-order valence-corrected chi connectivity index (χ0v) is 27.7. The van der Waals surface area contributed by atoms with Gasteiger partial charge in [0.1, 0.15) is 17.5 Å². The van der Waals surface area contributed by atoms with Gasteiger partial charge in [-0.15, -0.1) is 0 Å². The number of aliphatic hydroxyl groups excluding tert-OH is 1. The summed E-state index contributed by atoms with van der Waals surface area (Å²) >= 11 is 0. The van der Waals surface area contributed by atoms with Gasteiger partial charge in [-0.25, -0.2) is 14.8 Å². The number of aliphatic hydroxyl groups is 1. The smallest absolute Gasteiger partial charge is 0.327 e. The molecule has 0 radical (unpaired) electrons. The first-order valence-electron chi connectivity index (χ1n) is 16.6. The number of urea groups is 1. The summed E-state index contributed by atoms with van der Waals surface area (Å²) in [4.78, 5) is 30.8. The molecule has 4 aromatic rings. The summed E-state index contributed by atoms with van der Waals surface area (Å²) in [5.74, 6) is 1.64. The second-order valence-corrected chi connectivity index (χ2v) is 12.0. The lowest BCUT2D eigenvalue weighted by molar-refractivity contribution is 0.145. The van der Waals surface area contributed by atoms with E-state index in [0.717, 1.165) is 48.8 Å². The van der Waals surface area contributed by atoms with Crippen molar-refractivity contribution in [1.29, 1.82) is 5.26 Å². The summed E-state index contributed by atoms with van der Waals surface area (Å²) in [6.07, 6.45) is 16.3. The van der Waals surface area contributed by atoms with Crippen molar-refractivity contribution >= 4 is 23.6 Å². The minimum Gasteiger partial charge on any atom is -0.393 e. The highest BCUT2D eigenvalue weighted by Crippen LogP contribution is 2.24. The third-order valence-corrected chi connectivity index (χ3v) is 8.34. The molecule has 0 saturated carbocycles. The van der Waals surface area contributed by atoms with Gasteiger partial charge in [0.2, 0.25) is 5.95 Å². The molecule has 1 aliphatic heterocycles. The molecule has 0 aliphatic carbocycles. The van der Waals surface area contributed by atoms with Crippen molar-refractivity contribution in [2.45, 2.75) is 70.6 Å². The van der Waals surface area contributed by atoms with Crippen LogP contribution in [0, 0.1) is 11.3 Å². The molecular formula is C36H44N10O2. The lowest BCUT2D eigenvalue weighted by Crippen LogP contribution is -2.37. The van der Waals surface area contributed by atoms with E-state index in [4.69, 9.17) is 4.98 Å². The van der Waals surface area contributed by atoms with Crippen molar-refractivity contribution in [3.05, 3.63) is 90.7 Å². The maximum Gasteiger partial charge on any atom is 0.327 e. The van der Waals surface area contributed by atoms with Crippen LogP contribution in [0.2, 0.25) is 0 Å². The van der Waals surface area contributed by atoms with Gasteiger partial charge in [-0.2, -0.15) is 15.3 Å². The molecule has 1 aliphatic rings. The number of unbranched alkanes of at least 4 members (excludes halogenated alkanes) is 1. The van der Waals surface area contributed by atoms with Crippen LogP contribution in [-0.2, 0) is 13.6 Å². The average Bonchev–Trinajstić information content (AvgIpc) is 3.55. The molecular weight excluding hydrogens is 604 g/mol. The van der Waals surface area contributed by atoms with E-state index in [9.17, 15) is 15.2 Å². The van der Waals surface area contributed by atoms with Gasteiger partial charge >= 0.3 is 6.03 Å². The molecule has 48 heavy (non-hydrogen) atoms. The number of hydrogen-bond acceptors (Lipinski definition) is 9. The maximum absolute atomic E-state index is 13.4. The summed E-state index contributed by atoms with van der Waals surface area (Å²) < 4.78 is 1.74. The van der Waals surface area contributed by atoms with Gasteiger partial charge in [0.05, 0.1) is 18.5 Å². The topological polar surface area (TPSA) is 148 Å². The molecule has 1 aromatic carbocycles. The van der Waals surface area contributed by atoms with E-state index in [1.807, 2.05) is 61.8 Å². The minimum absolute atomic E-state index is 0.152. The Morgan fingerprint density at radius 1 is 1.10 bits per heavy atom. The van der Waals surface area contributed by atoms with Crippen LogP contribution >= 0.6 is 0 Å². The molecule has 0 spiro atoms. The van der Waals surface area contributed by atoms with Gasteiger partial charge in [-0.05, 0) is 56.2 Å². The number of nitrogens with one attached hydrogen (secondary N) is 2. The van der Waals surface area contributed by atoms with Gasteiger partial charge in [0.25, 0.3) is 0 Å². The molecule has 1 atom stereocenters. The SMILES string of the molecule is CCC[C@H](CCC/C=C/N(C(=O)NCc1ccccc1)c1ccc(-c2cnn(C)c2)cn1)Nc1ncc(C#N)c(N2CCC(O)CC2)n1. The molecule has 0 bridgehead atoms. The summed E-state index contributed by atoms with van der Waals surface area (Å²) in [7, 11) is 1.87. The van der Waals surface area contributed by atoms with Crippen LogP contribution < -0.4 is 20.4 Å². The molecule has 250 valence electrons. The average molecular weight is 649 g/mol. The van der Waals surface area contributed by atoms with Gasteiger partial charge < -0.3 is 20.6 Å². The van der Waals surface area contributed by atoms with E-state index < -0.39 is 0 Å². The Hall–Kier alpha value is -5.28. The molecule has 12 nitrogen and oxygen atoms in total. The van der Waals surface area contributed by atoms with Crippen LogP contribution in [0.15, 0.2) is 79.5 Å². The number of allylic oxidation sites excluding steroid dienone is 1. The second kappa shape index (κ2) is 17.0. The van der Waals surface area contributed by atoms with Gasteiger partial charge in [0.15, 0.2) is 5.82 Å². The molecule has 3 aromatic heterocycles. The molecule has 4 heterocycles. The fourth-order valence-electron chi connectivity index (χ4n) is 5.70. The number of nitriles is 1. The number of amides is 2. The summed E-state index contributed by atoms with van der Waals surface area (Å²) in [6.45, 7) is 3.86. The van der Waals surface area contributed by atoms with Crippen LogP contribution in [0.1, 0.15) is 63.0 Å². The number of rotatable bonds is 14. The molecule has 0 unspecified atom stereocenters. The molecule has 5 rings (SSSR count). The Morgan fingerprint density at radius 2 is 1.92 bits per heavy atom.